The Kier molecular flexibility index (Phi) is 5.40. The molecule has 0 saturated heterocycles. The number of pyridine rings is 1. The molecular weight excluding hydrogens is 383 g/mol. The average molecular weight is 404 g/mol. The van der Waals surface area contributed by atoms with Crippen LogP contribution < -0.4 is 33.4 Å². The number of fused-ring (bicyclic) bond motifs is 1. The Bertz CT molecular complexity index is 715. The van der Waals surface area contributed by atoms with Crippen molar-refractivity contribution in [3.8, 4) is 0 Å². The van der Waals surface area contributed by atoms with E-state index in [0.29, 0.717) is 0 Å². The molecule has 0 N–H and O–H groups in total. The number of hydrogen-bond acceptors (Lipinski definition) is 1. The van der Waals surface area contributed by atoms with Gasteiger partial charge in [-0.2, -0.15) is 0 Å². The van der Waals surface area contributed by atoms with Crippen LogP contribution in [0, 0.1) is 6.92 Å². The Hall–Kier alpha value is -1.62. The molecule has 0 amide bonds. The van der Waals surface area contributed by atoms with E-state index in [9.17, 15) is 0 Å². The van der Waals surface area contributed by atoms with Crippen LogP contribution in [0.3, 0.4) is 0 Å². The Morgan fingerprint density at radius 1 is 1.09 bits per heavy atom. The Labute approximate surface area is 149 Å². The van der Waals surface area contributed by atoms with Crippen LogP contribution in [-0.2, 0) is 7.05 Å². The minimum Gasteiger partial charge on any atom is -1.00 e. The lowest BCUT2D eigenvalue weighted by molar-refractivity contribution is -0.671. The predicted molar refractivity (Wildman–Crippen MR) is 88.8 cm³/mol. The van der Waals surface area contributed by atoms with Gasteiger partial charge >= 0.3 is 0 Å². The Morgan fingerprint density at radius 3 is 2.50 bits per heavy atom. The van der Waals surface area contributed by atoms with Gasteiger partial charge < -0.3 is 28.9 Å². The number of likely N-dealkylation sites (N-methyl/N-ethyl adjacent to an activating group) is 1. The fourth-order valence-corrected chi connectivity index (χ4v) is 2.72. The summed E-state index contributed by atoms with van der Waals surface area (Å²) in [6.45, 7) is 5.30. The smallest absolute Gasteiger partial charge is 0.169 e. The van der Waals surface area contributed by atoms with E-state index < -0.39 is 0 Å². The molecule has 2 nitrogen and oxygen atoms in total. The molecule has 2 heterocycles. The molecule has 3 heteroatoms. The highest BCUT2D eigenvalue weighted by Gasteiger charge is 2.15. The van der Waals surface area contributed by atoms with E-state index in [0.717, 1.165) is 6.54 Å². The second-order valence-corrected chi connectivity index (χ2v) is 5.51. The van der Waals surface area contributed by atoms with Gasteiger partial charge in [0.05, 0.1) is 0 Å². The topological polar surface area (TPSA) is 7.12 Å². The van der Waals surface area contributed by atoms with Crippen molar-refractivity contribution in [2.45, 2.75) is 13.8 Å². The van der Waals surface area contributed by atoms with Gasteiger partial charge in [0.2, 0.25) is 0 Å². The molecule has 1 aromatic heterocycles. The number of aryl methyl sites for hydroxylation is 2. The summed E-state index contributed by atoms with van der Waals surface area (Å²) < 4.78 is 2.05. The first-order valence-corrected chi connectivity index (χ1v) is 7.40. The second-order valence-electron chi connectivity index (χ2n) is 5.51. The molecule has 0 saturated carbocycles. The van der Waals surface area contributed by atoms with Crippen LogP contribution in [0.15, 0.2) is 54.5 Å². The normalized spacial score (nSPS) is 14.7. The SMILES string of the molecule is CCN1/C(=C/c2cc[n+](C)cc2)C=Cc2cc(C)ccc21.[I-]. The van der Waals surface area contributed by atoms with Crippen LogP contribution in [0.5, 0.6) is 0 Å². The highest BCUT2D eigenvalue weighted by Crippen LogP contribution is 2.32. The minimum atomic E-state index is 0. The van der Waals surface area contributed by atoms with Gasteiger partial charge in [-0.3, -0.25) is 0 Å². The second kappa shape index (κ2) is 7.09. The number of benzene rings is 1. The van der Waals surface area contributed by atoms with E-state index in [4.69, 9.17) is 0 Å². The van der Waals surface area contributed by atoms with Crippen molar-refractivity contribution in [1.29, 1.82) is 0 Å². The van der Waals surface area contributed by atoms with E-state index in [1.165, 1.54) is 28.1 Å². The van der Waals surface area contributed by atoms with Gasteiger partial charge in [0.25, 0.3) is 0 Å². The van der Waals surface area contributed by atoms with Gasteiger partial charge in [-0.25, -0.2) is 4.57 Å². The lowest BCUT2D eigenvalue weighted by Crippen LogP contribution is -3.00. The summed E-state index contributed by atoms with van der Waals surface area (Å²) >= 11 is 0. The third-order valence-corrected chi connectivity index (χ3v) is 3.85. The highest BCUT2D eigenvalue weighted by atomic mass is 127. The maximum absolute atomic E-state index is 2.36. The van der Waals surface area contributed by atoms with Crippen molar-refractivity contribution in [3.63, 3.8) is 0 Å². The van der Waals surface area contributed by atoms with Crippen LogP contribution in [-0.4, -0.2) is 6.54 Å². The predicted octanol–water partition coefficient (Wildman–Crippen LogP) is 0.718. The number of aromatic nitrogens is 1. The summed E-state index contributed by atoms with van der Waals surface area (Å²) in [6.07, 6.45) is 10.8. The molecule has 1 aromatic carbocycles. The molecule has 0 atom stereocenters. The van der Waals surface area contributed by atoms with E-state index in [2.05, 4.69) is 79.7 Å². The summed E-state index contributed by atoms with van der Waals surface area (Å²) in [5, 5.41) is 0. The quantitative estimate of drug-likeness (QED) is 0.529. The van der Waals surface area contributed by atoms with Crippen LogP contribution in [0.4, 0.5) is 5.69 Å². The lowest BCUT2D eigenvalue weighted by atomic mass is 10.0. The summed E-state index contributed by atoms with van der Waals surface area (Å²) in [6, 6.07) is 10.9. The van der Waals surface area contributed by atoms with E-state index >= 15 is 0 Å². The number of allylic oxidation sites excluding steroid dienone is 1. The van der Waals surface area contributed by atoms with Crippen molar-refractivity contribution in [2.75, 3.05) is 11.4 Å². The molecule has 22 heavy (non-hydrogen) atoms. The maximum atomic E-state index is 2.36. The first-order valence-electron chi connectivity index (χ1n) is 7.40. The van der Waals surface area contributed by atoms with Gasteiger partial charge in [-0.05, 0) is 49.3 Å². The average Bonchev–Trinajstić information content (AvgIpc) is 2.49. The molecule has 2 aromatic rings. The number of halogens is 1. The molecule has 0 bridgehead atoms. The van der Waals surface area contributed by atoms with Crippen molar-refractivity contribution >= 4 is 17.8 Å². The number of anilines is 1. The Balaban J connectivity index is 0.00000176. The molecule has 0 fully saturated rings. The molecule has 0 radical (unpaired) electrons. The number of rotatable bonds is 2. The molecule has 0 aliphatic carbocycles. The van der Waals surface area contributed by atoms with Crippen molar-refractivity contribution in [3.05, 3.63) is 71.2 Å². The molecule has 1 aliphatic rings. The van der Waals surface area contributed by atoms with E-state index in [1.54, 1.807) is 0 Å². The van der Waals surface area contributed by atoms with Crippen LogP contribution in [0.1, 0.15) is 23.6 Å². The molecule has 0 spiro atoms. The Morgan fingerprint density at radius 2 is 1.82 bits per heavy atom. The van der Waals surface area contributed by atoms with Gasteiger partial charge in [-0.1, -0.05) is 17.7 Å². The fraction of sp³-hybridized carbons (Fsp3) is 0.211. The van der Waals surface area contributed by atoms with E-state index in [-0.39, 0.29) is 24.0 Å². The zero-order chi connectivity index (χ0) is 14.8. The largest absolute Gasteiger partial charge is 1.00 e. The van der Waals surface area contributed by atoms with Crippen LogP contribution in [0.25, 0.3) is 12.2 Å². The minimum absolute atomic E-state index is 0. The summed E-state index contributed by atoms with van der Waals surface area (Å²) in [7, 11) is 2.04. The van der Waals surface area contributed by atoms with Crippen LogP contribution in [0.2, 0.25) is 0 Å². The summed E-state index contributed by atoms with van der Waals surface area (Å²) in [4.78, 5) is 2.36. The van der Waals surface area contributed by atoms with Crippen LogP contribution >= 0.6 is 0 Å². The molecule has 1 aliphatic heterocycles. The van der Waals surface area contributed by atoms with Crippen molar-refractivity contribution < 1.29 is 28.5 Å². The first kappa shape index (κ1) is 16.7. The number of hydrogen-bond donors (Lipinski definition) is 0. The van der Waals surface area contributed by atoms with Gasteiger partial charge in [0.1, 0.15) is 7.05 Å². The maximum Gasteiger partial charge on any atom is 0.169 e. The number of nitrogens with zero attached hydrogens (tertiary/aromatic N) is 2. The first-order chi connectivity index (χ1) is 10.2. The molecule has 0 unspecified atom stereocenters. The third kappa shape index (κ3) is 3.40. The molecule has 3 rings (SSSR count). The molecule has 114 valence electrons. The highest BCUT2D eigenvalue weighted by molar-refractivity contribution is 5.80. The monoisotopic (exact) mass is 404 g/mol. The standard InChI is InChI=1S/C19H21N2.HI/c1-4-21-18(14-16-9-11-20(3)12-10-16)7-6-17-13-15(2)5-8-19(17)21;/h5-14H,4H2,1-3H3;1H/q+1;/p-1. The van der Waals surface area contributed by atoms with Gasteiger partial charge in [0, 0.05) is 30.1 Å². The zero-order valence-electron chi connectivity index (χ0n) is 13.3. The summed E-state index contributed by atoms with van der Waals surface area (Å²) in [5.74, 6) is 0. The zero-order valence-corrected chi connectivity index (χ0v) is 15.4. The van der Waals surface area contributed by atoms with E-state index in [1.807, 2.05) is 11.6 Å². The van der Waals surface area contributed by atoms with Gasteiger partial charge in [-0.15, -0.1) is 0 Å². The molecular formula is C19H21IN2. The van der Waals surface area contributed by atoms with Crippen molar-refractivity contribution in [2.24, 2.45) is 7.05 Å². The van der Waals surface area contributed by atoms with Crippen molar-refractivity contribution in [1.82, 2.24) is 0 Å². The van der Waals surface area contributed by atoms with Gasteiger partial charge in [0.15, 0.2) is 12.4 Å². The lowest BCUT2D eigenvalue weighted by Gasteiger charge is -2.29. The fourth-order valence-electron chi connectivity index (χ4n) is 2.72. The third-order valence-electron chi connectivity index (χ3n) is 3.85. The summed E-state index contributed by atoms with van der Waals surface area (Å²) in [5.41, 5.74) is 6.36.